The van der Waals surface area contributed by atoms with Crippen LogP contribution in [0.4, 0.5) is 0 Å². The van der Waals surface area contributed by atoms with E-state index in [0.717, 1.165) is 25.9 Å². The van der Waals surface area contributed by atoms with Gasteiger partial charge in [0, 0.05) is 31.0 Å². The molecule has 0 aliphatic carbocycles. The molecule has 0 N–H and O–H groups in total. The first kappa shape index (κ1) is 14.6. The molecule has 0 unspecified atom stereocenters. The molecule has 1 aromatic rings. The van der Waals surface area contributed by atoms with Gasteiger partial charge in [0.1, 0.15) is 6.04 Å². The van der Waals surface area contributed by atoms with Crippen molar-refractivity contribution in [3.63, 3.8) is 0 Å². The number of amides is 1. The molecular weight excluding hydrogens is 264 g/mol. The first-order valence-corrected chi connectivity index (χ1v) is 8.26. The normalized spacial score (nSPS) is 28.2. The minimum absolute atomic E-state index is 0.197. The van der Waals surface area contributed by atoms with Crippen LogP contribution in [-0.2, 0) is 4.79 Å². The van der Waals surface area contributed by atoms with Crippen LogP contribution >= 0.6 is 0 Å². The molecule has 2 saturated heterocycles. The Hall–Kier alpha value is -1.36. The van der Waals surface area contributed by atoms with Gasteiger partial charge >= 0.3 is 0 Å². The third kappa shape index (κ3) is 2.71. The van der Waals surface area contributed by atoms with E-state index in [2.05, 4.69) is 21.8 Å². The summed E-state index contributed by atoms with van der Waals surface area (Å²) < 4.78 is 1.77. The predicted octanol–water partition coefficient (Wildman–Crippen LogP) is 1.92. The number of aromatic nitrogens is 2. The maximum Gasteiger partial charge on any atom is 0.247 e. The highest BCUT2D eigenvalue weighted by molar-refractivity contribution is 5.80. The van der Waals surface area contributed by atoms with Gasteiger partial charge in [-0.1, -0.05) is 6.92 Å². The Kier molecular flexibility index (Phi) is 4.29. The highest BCUT2D eigenvalue weighted by Gasteiger charge is 2.40. The summed E-state index contributed by atoms with van der Waals surface area (Å²) >= 11 is 0. The predicted molar refractivity (Wildman–Crippen MR) is 81.9 cm³/mol. The summed E-state index contributed by atoms with van der Waals surface area (Å²) in [5.74, 6) is 0.226. The van der Waals surface area contributed by atoms with Gasteiger partial charge in [-0.25, -0.2) is 0 Å². The van der Waals surface area contributed by atoms with E-state index >= 15 is 0 Å². The largest absolute Gasteiger partial charge is 0.336 e. The molecule has 2 aliphatic rings. The molecule has 0 radical (unpaired) electrons. The number of nitrogens with zero attached hydrogens (tertiary/aromatic N) is 4. The van der Waals surface area contributed by atoms with Crippen LogP contribution in [0.25, 0.3) is 0 Å². The molecule has 5 nitrogen and oxygen atoms in total. The molecule has 3 rings (SSSR count). The fraction of sp³-hybridized carbons (Fsp3) is 0.750. The molecule has 0 bridgehead atoms. The third-order valence-electron chi connectivity index (χ3n) is 5.13. The van der Waals surface area contributed by atoms with E-state index in [9.17, 15) is 4.79 Å². The minimum Gasteiger partial charge on any atom is -0.336 e. The number of rotatable bonds is 4. The maximum atomic E-state index is 12.9. The summed E-state index contributed by atoms with van der Waals surface area (Å²) in [5, 5.41) is 4.22. The van der Waals surface area contributed by atoms with Gasteiger partial charge in [0.25, 0.3) is 0 Å². The van der Waals surface area contributed by atoms with Crippen molar-refractivity contribution >= 4 is 5.91 Å². The number of likely N-dealkylation sites (N-methyl/N-ethyl adjacent to an activating group) is 1. The second-order valence-electron chi connectivity index (χ2n) is 6.24. The van der Waals surface area contributed by atoms with Crippen molar-refractivity contribution in [1.29, 1.82) is 0 Å². The molecule has 0 aromatic carbocycles. The number of hydrogen-bond donors (Lipinski definition) is 0. The van der Waals surface area contributed by atoms with E-state index in [1.807, 2.05) is 19.2 Å². The second kappa shape index (κ2) is 6.18. The first-order valence-electron chi connectivity index (χ1n) is 8.26. The Morgan fingerprint density at radius 1 is 1.29 bits per heavy atom. The topological polar surface area (TPSA) is 41.4 Å². The quantitative estimate of drug-likeness (QED) is 0.850. The van der Waals surface area contributed by atoms with Gasteiger partial charge < -0.3 is 4.90 Å². The summed E-state index contributed by atoms with van der Waals surface area (Å²) in [6.07, 6.45) is 8.40. The van der Waals surface area contributed by atoms with Gasteiger partial charge in [0.2, 0.25) is 5.91 Å². The Morgan fingerprint density at radius 2 is 2.05 bits per heavy atom. The van der Waals surface area contributed by atoms with Crippen LogP contribution < -0.4 is 0 Å². The van der Waals surface area contributed by atoms with Crippen molar-refractivity contribution in [2.24, 2.45) is 0 Å². The van der Waals surface area contributed by atoms with E-state index < -0.39 is 0 Å². The number of carbonyl (C=O) groups excluding carboxylic acids is 1. The van der Waals surface area contributed by atoms with E-state index in [0.29, 0.717) is 12.1 Å². The van der Waals surface area contributed by atoms with Crippen LogP contribution in [-0.4, -0.2) is 57.2 Å². The van der Waals surface area contributed by atoms with Crippen molar-refractivity contribution in [2.75, 3.05) is 19.6 Å². The lowest BCUT2D eigenvalue weighted by Crippen LogP contribution is -2.49. The lowest BCUT2D eigenvalue weighted by molar-refractivity contribution is -0.136. The molecule has 0 spiro atoms. The Bertz CT molecular complexity index is 473. The van der Waals surface area contributed by atoms with Crippen LogP contribution in [0, 0.1) is 0 Å². The molecule has 5 heteroatoms. The summed E-state index contributed by atoms with van der Waals surface area (Å²) in [7, 11) is 0. The van der Waals surface area contributed by atoms with Crippen LogP contribution in [0.1, 0.15) is 45.6 Å². The van der Waals surface area contributed by atoms with Gasteiger partial charge in [0.05, 0.1) is 0 Å². The molecule has 21 heavy (non-hydrogen) atoms. The Morgan fingerprint density at radius 3 is 2.76 bits per heavy atom. The zero-order chi connectivity index (χ0) is 14.8. The molecule has 3 atom stereocenters. The molecule has 3 heterocycles. The van der Waals surface area contributed by atoms with Crippen molar-refractivity contribution in [3.8, 4) is 0 Å². The molecule has 116 valence electrons. The Labute approximate surface area is 126 Å². The van der Waals surface area contributed by atoms with Crippen molar-refractivity contribution < 1.29 is 4.79 Å². The molecule has 1 aromatic heterocycles. The second-order valence-corrected chi connectivity index (χ2v) is 6.24. The zero-order valence-corrected chi connectivity index (χ0v) is 13.1. The monoisotopic (exact) mass is 290 g/mol. The summed E-state index contributed by atoms with van der Waals surface area (Å²) in [6, 6.07) is 2.64. The zero-order valence-electron chi connectivity index (χ0n) is 13.1. The van der Waals surface area contributed by atoms with Crippen LogP contribution in [0.5, 0.6) is 0 Å². The first-order chi connectivity index (χ1) is 10.2. The smallest absolute Gasteiger partial charge is 0.247 e. The average Bonchev–Trinajstić information content (AvgIpc) is 3.24. The highest BCUT2D eigenvalue weighted by atomic mass is 16.2. The van der Waals surface area contributed by atoms with Gasteiger partial charge in [-0.2, -0.15) is 5.10 Å². The van der Waals surface area contributed by atoms with Crippen molar-refractivity contribution in [2.45, 2.75) is 57.7 Å². The molecule has 2 aliphatic heterocycles. The minimum atomic E-state index is -0.197. The molecule has 0 saturated carbocycles. The van der Waals surface area contributed by atoms with E-state index in [1.54, 1.807) is 10.9 Å². The summed E-state index contributed by atoms with van der Waals surface area (Å²) in [5.41, 5.74) is 0. The van der Waals surface area contributed by atoms with Crippen molar-refractivity contribution in [3.05, 3.63) is 18.5 Å². The fourth-order valence-corrected chi connectivity index (χ4v) is 4.01. The lowest BCUT2D eigenvalue weighted by atomic mass is 10.0. The standard InChI is InChI=1S/C16H26N4O/c1-3-18-10-4-7-14(18)15-8-5-11-19(15)16(21)13(2)20-12-6-9-17-20/h6,9,12-15H,3-5,7-8,10-11H2,1-2H3/t13-,14+,15+/m0/s1. The van der Waals surface area contributed by atoms with Crippen molar-refractivity contribution in [1.82, 2.24) is 19.6 Å². The summed E-state index contributed by atoms with van der Waals surface area (Å²) in [6.45, 7) is 7.37. The average molecular weight is 290 g/mol. The Balaban J connectivity index is 1.73. The van der Waals surface area contributed by atoms with Crippen LogP contribution in [0.2, 0.25) is 0 Å². The van der Waals surface area contributed by atoms with Gasteiger partial charge in [0.15, 0.2) is 0 Å². The highest BCUT2D eigenvalue weighted by Crippen LogP contribution is 2.31. The van der Waals surface area contributed by atoms with Gasteiger partial charge in [-0.05, 0) is 51.8 Å². The maximum absolute atomic E-state index is 12.9. The van der Waals surface area contributed by atoms with Gasteiger partial charge in [-0.15, -0.1) is 0 Å². The lowest BCUT2D eigenvalue weighted by Gasteiger charge is -2.35. The molecular formula is C16H26N4O. The van der Waals surface area contributed by atoms with Crippen LogP contribution in [0.15, 0.2) is 18.5 Å². The number of carbonyl (C=O) groups is 1. The van der Waals surface area contributed by atoms with E-state index in [4.69, 9.17) is 0 Å². The van der Waals surface area contributed by atoms with Gasteiger partial charge in [-0.3, -0.25) is 14.4 Å². The third-order valence-corrected chi connectivity index (χ3v) is 5.13. The SMILES string of the molecule is CCN1CCC[C@@H]1[C@H]1CCCN1C(=O)[C@H](C)n1cccn1. The molecule has 1 amide bonds. The van der Waals surface area contributed by atoms with E-state index in [1.165, 1.54) is 19.4 Å². The molecule has 2 fully saturated rings. The number of likely N-dealkylation sites (tertiary alicyclic amines) is 2. The fourth-order valence-electron chi connectivity index (χ4n) is 4.01. The van der Waals surface area contributed by atoms with Crippen LogP contribution in [0.3, 0.4) is 0 Å². The summed E-state index contributed by atoms with van der Waals surface area (Å²) in [4.78, 5) is 17.5. The number of hydrogen-bond acceptors (Lipinski definition) is 3. The van der Waals surface area contributed by atoms with E-state index in [-0.39, 0.29) is 11.9 Å².